The molecule has 0 bridgehead atoms. The van der Waals surface area contributed by atoms with Crippen molar-refractivity contribution >= 4 is 23.6 Å². The van der Waals surface area contributed by atoms with E-state index in [1.54, 1.807) is 43.3 Å². The number of esters is 1. The second kappa shape index (κ2) is 8.92. The van der Waals surface area contributed by atoms with Gasteiger partial charge in [-0.2, -0.15) is 0 Å². The van der Waals surface area contributed by atoms with Gasteiger partial charge < -0.3 is 25.4 Å². The minimum atomic E-state index is -0.647. The summed E-state index contributed by atoms with van der Waals surface area (Å²) in [5.74, 6) is -0.326. The molecule has 1 unspecified atom stereocenters. The average molecular weight is 395 g/mol. The average Bonchev–Trinajstić information content (AvgIpc) is 2.72. The number of methoxy groups -OCH3 is 1. The van der Waals surface area contributed by atoms with Gasteiger partial charge in [0.15, 0.2) is 6.61 Å². The molecular formula is C21H21N3O5. The predicted molar refractivity (Wildman–Crippen MR) is 106 cm³/mol. The number of allylic oxidation sites excluding steroid dienone is 1. The number of urea groups is 1. The highest BCUT2D eigenvalue weighted by Crippen LogP contribution is 2.28. The number of carbonyl (C=O) groups excluding carboxylic acids is 3. The summed E-state index contributed by atoms with van der Waals surface area (Å²) < 4.78 is 10.3. The smallest absolute Gasteiger partial charge is 0.337 e. The fourth-order valence-electron chi connectivity index (χ4n) is 2.95. The predicted octanol–water partition coefficient (Wildman–Crippen LogP) is 2.50. The van der Waals surface area contributed by atoms with Crippen molar-refractivity contribution in [2.75, 3.05) is 19.0 Å². The van der Waals surface area contributed by atoms with Gasteiger partial charge in [-0.15, -0.1) is 0 Å². The Bertz CT molecular complexity index is 939. The lowest BCUT2D eigenvalue weighted by Gasteiger charge is -2.27. The van der Waals surface area contributed by atoms with E-state index >= 15 is 0 Å². The number of carbonyl (C=O) groups is 3. The van der Waals surface area contributed by atoms with Crippen LogP contribution in [0.25, 0.3) is 0 Å². The fraction of sp³-hybridized carbons (Fsp3) is 0.190. The van der Waals surface area contributed by atoms with Crippen molar-refractivity contribution in [1.82, 2.24) is 10.6 Å². The molecular weight excluding hydrogens is 374 g/mol. The summed E-state index contributed by atoms with van der Waals surface area (Å²) in [6.45, 7) is 1.49. The molecule has 0 saturated heterocycles. The highest BCUT2D eigenvalue weighted by molar-refractivity contribution is 5.95. The number of amides is 3. The SMILES string of the molecule is COC(=O)C1=C(C)NC(=O)NC1c1ccc(OCC(=O)Nc2ccccc2)cc1. The summed E-state index contributed by atoms with van der Waals surface area (Å²) >= 11 is 0. The van der Waals surface area contributed by atoms with Crippen LogP contribution in [-0.2, 0) is 14.3 Å². The lowest BCUT2D eigenvalue weighted by Crippen LogP contribution is -2.45. The van der Waals surface area contributed by atoms with Crippen molar-refractivity contribution in [2.45, 2.75) is 13.0 Å². The molecule has 3 rings (SSSR count). The number of benzene rings is 2. The molecule has 0 aromatic heterocycles. The Morgan fingerprint density at radius 2 is 1.76 bits per heavy atom. The molecule has 8 heteroatoms. The molecule has 1 aliphatic heterocycles. The molecule has 150 valence electrons. The molecule has 1 heterocycles. The number of rotatable bonds is 6. The van der Waals surface area contributed by atoms with Crippen molar-refractivity contribution in [1.29, 1.82) is 0 Å². The molecule has 1 aliphatic rings. The van der Waals surface area contributed by atoms with Crippen molar-refractivity contribution in [3.05, 3.63) is 71.4 Å². The van der Waals surface area contributed by atoms with Gasteiger partial charge in [-0.05, 0) is 36.8 Å². The third kappa shape index (κ3) is 4.92. The van der Waals surface area contributed by atoms with Gasteiger partial charge in [0.25, 0.3) is 5.91 Å². The first-order chi connectivity index (χ1) is 14.0. The standard InChI is InChI=1S/C21H21N3O5/c1-13-18(20(26)28-2)19(24-21(27)22-13)14-8-10-16(11-9-14)29-12-17(25)23-15-6-4-3-5-7-15/h3-11,19H,12H2,1-2H3,(H,23,25)(H2,22,24,27). The molecule has 0 radical (unpaired) electrons. The van der Waals surface area contributed by atoms with Crippen LogP contribution in [0, 0.1) is 0 Å². The number of ether oxygens (including phenoxy) is 2. The van der Waals surface area contributed by atoms with E-state index in [-0.39, 0.29) is 12.5 Å². The lowest BCUT2D eigenvalue weighted by molar-refractivity contribution is -0.136. The molecule has 0 fully saturated rings. The van der Waals surface area contributed by atoms with Gasteiger partial charge in [0.1, 0.15) is 5.75 Å². The van der Waals surface area contributed by atoms with E-state index in [4.69, 9.17) is 9.47 Å². The van der Waals surface area contributed by atoms with Crippen molar-refractivity contribution in [3.8, 4) is 5.75 Å². The zero-order valence-corrected chi connectivity index (χ0v) is 16.0. The van der Waals surface area contributed by atoms with Crippen LogP contribution < -0.4 is 20.7 Å². The molecule has 3 N–H and O–H groups in total. The molecule has 0 aliphatic carbocycles. The molecule has 0 saturated carbocycles. The van der Waals surface area contributed by atoms with E-state index in [9.17, 15) is 14.4 Å². The van der Waals surface area contributed by atoms with Gasteiger partial charge in [-0.3, -0.25) is 4.79 Å². The first kappa shape index (κ1) is 19.9. The van der Waals surface area contributed by atoms with Crippen LogP contribution in [0.4, 0.5) is 10.5 Å². The largest absolute Gasteiger partial charge is 0.484 e. The number of hydrogen-bond acceptors (Lipinski definition) is 5. The summed E-state index contributed by atoms with van der Waals surface area (Å²) in [5, 5.41) is 8.01. The molecule has 8 nitrogen and oxygen atoms in total. The molecule has 0 spiro atoms. The monoisotopic (exact) mass is 395 g/mol. The second-order valence-corrected chi connectivity index (χ2v) is 6.33. The summed E-state index contributed by atoms with van der Waals surface area (Å²) in [4.78, 5) is 35.9. The van der Waals surface area contributed by atoms with Crippen molar-refractivity contribution in [3.63, 3.8) is 0 Å². The Kier molecular flexibility index (Phi) is 6.13. The van der Waals surface area contributed by atoms with Gasteiger partial charge in [0, 0.05) is 11.4 Å². The van der Waals surface area contributed by atoms with E-state index in [1.165, 1.54) is 7.11 Å². The Morgan fingerprint density at radius 3 is 2.41 bits per heavy atom. The number of nitrogens with one attached hydrogen (secondary N) is 3. The van der Waals surface area contributed by atoms with Crippen molar-refractivity contribution < 1.29 is 23.9 Å². The zero-order chi connectivity index (χ0) is 20.8. The van der Waals surface area contributed by atoms with E-state index < -0.39 is 18.0 Å². The van der Waals surface area contributed by atoms with Crippen LogP contribution in [0.15, 0.2) is 65.9 Å². The van der Waals surface area contributed by atoms with E-state index in [1.807, 2.05) is 18.2 Å². The van der Waals surface area contributed by atoms with Crippen LogP contribution >= 0.6 is 0 Å². The van der Waals surface area contributed by atoms with Gasteiger partial charge >= 0.3 is 12.0 Å². The quantitative estimate of drug-likeness (QED) is 0.652. The summed E-state index contributed by atoms with van der Waals surface area (Å²) in [6, 6.07) is 14.8. The lowest BCUT2D eigenvalue weighted by atomic mass is 9.95. The Labute approximate surface area is 167 Å². The molecule has 2 aromatic rings. The van der Waals surface area contributed by atoms with Gasteiger partial charge in [0.05, 0.1) is 18.7 Å². The topological polar surface area (TPSA) is 106 Å². The Balaban J connectivity index is 1.66. The van der Waals surface area contributed by atoms with Crippen LogP contribution in [0.3, 0.4) is 0 Å². The minimum absolute atomic E-state index is 0.148. The fourth-order valence-corrected chi connectivity index (χ4v) is 2.95. The summed E-state index contributed by atoms with van der Waals surface area (Å²) in [7, 11) is 1.29. The normalized spacial score (nSPS) is 15.8. The molecule has 2 aromatic carbocycles. The number of anilines is 1. The third-order valence-corrected chi connectivity index (χ3v) is 4.32. The van der Waals surface area contributed by atoms with E-state index in [2.05, 4.69) is 16.0 Å². The summed E-state index contributed by atoms with van der Waals surface area (Å²) in [6.07, 6.45) is 0. The van der Waals surface area contributed by atoms with Crippen molar-refractivity contribution in [2.24, 2.45) is 0 Å². The van der Waals surface area contributed by atoms with Gasteiger partial charge in [-0.1, -0.05) is 30.3 Å². The van der Waals surface area contributed by atoms with Crippen LogP contribution in [0.5, 0.6) is 5.75 Å². The van der Waals surface area contributed by atoms with E-state index in [0.717, 1.165) is 0 Å². The number of hydrogen-bond donors (Lipinski definition) is 3. The third-order valence-electron chi connectivity index (χ3n) is 4.32. The molecule has 3 amide bonds. The maximum atomic E-state index is 12.1. The van der Waals surface area contributed by atoms with Crippen LogP contribution in [0.2, 0.25) is 0 Å². The van der Waals surface area contributed by atoms with Gasteiger partial charge in [0.2, 0.25) is 0 Å². The maximum Gasteiger partial charge on any atom is 0.337 e. The minimum Gasteiger partial charge on any atom is -0.484 e. The van der Waals surface area contributed by atoms with Gasteiger partial charge in [-0.25, -0.2) is 9.59 Å². The Morgan fingerprint density at radius 1 is 1.07 bits per heavy atom. The number of para-hydroxylation sites is 1. The second-order valence-electron chi connectivity index (χ2n) is 6.33. The Hall–Kier alpha value is -3.81. The maximum absolute atomic E-state index is 12.1. The molecule has 29 heavy (non-hydrogen) atoms. The molecule has 1 atom stereocenters. The first-order valence-electron chi connectivity index (χ1n) is 8.92. The summed E-state index contributed by atoms with van der Waals surface area (Å²) in [5.41, 5.74) is 2.13. The highest BCUT2D eigenvalue weighted by Gasteiger charge is 2.31. The van der Waals surface area contributed by atoms with E-state index in [0.29, 0.717) is 28.3 Å². The highest BCUT2D eigenvalue weighted by atomic mass is 16.5. The van der Waals surface area contributed by atoms with Crippen LogP contribution in [-0.4, -0.2) is 31.6 Å². The zero-order valence-electron chi connectivity index (χ0n) is 16.0. The van der Waals surface area contributed by atoms with Crippen LogP contribution in [0.1, 0.15) is 18.5 Å². The first-order valence-corrected chi connectivity index (χ1v) is 8.92.